The third-order valence-corrected chi connectivity index (χ3v) is 3.44. The summed E-state index contributed by atoms with van der Waals surface area (Å²) in [5.74, 6) is -0.399. The Balaban J connectivity index is 2.25. The molecule has 0 unspecified atom stereocenters. The largest absolute Gasteiger partial charge is 0.477 e. The summed E-state index contributed by atoms with van der Waals surface area (Å²) in [7, 11) is 0. The standard InChI is InChI=1S/C13H13N3O3/c1-7-5-9(16-3-2-4-16)15-12-10(7)11(17)8(6-14-12)13(18)19/h5-6H,2-4H2,1H3,(H,18,19)(H,14,15,17). The van der Waals surface area contributed by atoms with Crippen LogP contribution < -0.4 is 10.3 Å². The molecule has 98 valence electrons. The number of hydrogen-bond acceptors (Lipinski definition) is 4. The molecule has 1 aliphatic heterocycles. The van der Waals surface area contributed by atoms with E-state index in [1.165, 1.54) is 6.20 Å². The molecule has 3 rings (SSSR count). The van der Waals surface area contributed by atoms with E-state index in [1.54, 1.807) is 6.92 Å². The third-order valence-electron chi connectivity index (χ3n) is 3.44. The lowest BCUT2D eigenvalue weighted by atomic mass is 10.1. The number of fused-ring (bicyclic) bond motifs is 1. The Kier molecular flexibility index (Phi) is 2.51. The topological polar surface area (TPSA) is 86.3 Å². The molecule has 0 spiro atoms. The molecule has 1 fully saturated rings. The summed E-state index contributed by atoms with van der Waals surface area (Å²) in [6, 6.07) is 1.84. The van der Waals surface area contributed by atoms with Crippen LogP contribution in [0.5, 0.6) is 0 Å². The van der Waals surface area contributed by atoms with Crippen LogP contribution in [0.15, 0.2) is 17.1 Å². The number of aromatic amines is 1. The Hall–Kier alpha value is -2.37. The molecule has 0 radical (unpaired) electrons. The highest BCUT2D eigenvalue weighted by Crippen LogP contribution is 2.22. The van der Waals surface area contributed by atoms with Crippen molar-refractivity contribution in [1.29, 1.82) is 0 Å². The van der Waals surface area contributed by atoms with Crippen molar-refractivity contribution >= 4 is 22.8 Å². The summed E-state index contributed by atoms with van der Waals surface area (Å²) in [6.07, 6.45) is 2.35. The molecule has 2 aromatic rings. The molecule has 0 bridgehead atoms. The van der Waals surface area contributed by atoms with Gasteiger partial charge in [-0.15, -0.1) is 0 Å². The highest BCUT2D eigenvalue weighted by molar-refractivity contribution is 5.92. The number of rotatable bonds is 2. The number of hydrogen-bond donors (Lipinski definition) is 2. The summed E-state index contributed by atoms with van der Waals surface area (Å²) >= 11 is 0. The second-order valence-corrected chi connectivity index (χ2v) is 4.70. The molecule has 2 aromatic heterocycles. The van der Waals surface area contributed by atoms with E-state index in [-0.39, 0.29) is 5.56 Å². The average Bonchev–Trinajstić information content (AvgIpc) is 2.25. The van der Waals surface area contributed by atoms with Gasteiger partial charge in [-0.3, -0.25) is 4.79 Å². The summed E-state index contributed by atoms with van der Waals surface area (Å²) in [5, 5.41) is 9.31. The first-order valence-electron chi connectivity index (χ1n) is 6.09. The van der Waals surface area contributed by atoms with Gasteiger partial charge >= 0.3 is 5.97 Å². The number of aromatic carboxylic acids is 1. The third kappa shape index (κ3) is 1.76. The van der Waals surface area contributed by atoms with Crippen molar-refractivity contribution in [1.82, 2.24) is 9.97 Å². The maximum absolute atomic E-state index is 12.1. The van der Waals surface area contributed by atoms with Crippen LogP contribution >= 0.6 is 0 Å². The second-order valence-electron chi connectivity index (χ2n) is 4.70. The van der Waals surface area contributed by atoms with E-state index < -0.39 is 11.4 Å². The number of carboxylic acid groups (broad SMARTS) is 1. The molecule has 19 heavy (non-hydrogen) atoms. The van der Waals surface area contributed by atoms with Crippen molar-refractivity contribution in [3.8, 4) is 0 Å². The molecule has 1 saturated heterocycles. The molecule has 0 aliphatic carbocycles. The molecule has 0 amide bonds. The lowest BCUT2D eigenvalue weighted by molar-refractivity contribution is 0.0695. The van der Waals surface area contributed by atoms with E-state index in [1.807, 2.05) is 6.07 Å². The molecular formula is C13H13N3O3. The van der Waals surface area contributed by atoms with Crippen LogP contribution in [0.4, 0.5) is 5.82 Å². The quantitative estimate of drug-likeness (QED) is 0.844. The molecule has 1 aliphatic rings. The van der Waals surface area contributed by atoms with E-state index in [2.05, 4.69) is 14.9 Å². The van der Waals surface area contributed by atoms with Crippen LogP contribution in [0.1, 0.15) is 22.3 Å². The van der Waals surface area contributed by atoms with Gasteiger partial charge in [0, 0.05) is 19.3 Å². The van der Waals surface area contributed by atoms with Crippen molar-refractivity contribution < 1.29 is 9.90 Å². The van der Waals surface area contributed by atoms with Gasteiger partial charge in [-0.2, -0.15) is 0 Å². The molecule has 6 heteroatoms. The lowest BCUT2D eigenvalue weighted by Gasteiger charge is -2.32. The highest BCUT2D eigenvalue weighted by Gasteiger charge is 2.19. The van der Waals surface area contributed by atoms with Gasteiger partial charge < -0.3 is 15.0 Å². The van der Waals surface area contributed by atoms with Gasteiger partial charge in [0.15, 0.2) is 0 Å². The Bertz CT molecular complexity index is 732. The molecule has 0 atom stereocenters. The van der Waals surface area contributed by atoms with E-state index in [9.17, 15) is 9.59 Å². The minimum atomic E-state index is -1.23. The van der Waals surface area contributed by atoms with Crippen LogP contribution in [0, 0.1) is 6.92 Å². The average molecular weight is 259 g/mol. The van der Waals surface area contributed by atoms with Gasteiger partial charge in [0.25, 0.3) is 0 Å². The smallest absolute Gasteiger partial charge is 0.341 e. The second kappa shape index (κ2) is 4.08. The van der Waals surface area contributed by atoms with Gasteiger partial charge in [0.05, 0.1) is 5.39 Å². The molecule has 3 heterocycles. The number of aryl methyl sites for hydroxylation is 1. The molecule has 0 saturated carbocycles. The number of anilines is 1. The van der Waals surface area contributed by atoms with E-state index in [0.717, 1.165) is 30.9 Å². The fourth-order valence-electron chi connectivity index (χ4n) is 2.25. The summed E-state index contributed by atoms with van der Waals surface area (Å²) in [4.78, 5) is 32.4. The zero-order valence-electron chi connectivity index (χ0n) is 10.4. The van der Waals surface area contributed by atoms with Crippen molar-refractivity contribution in [2.45, 2.75) is 13.3 Å². The Morgan fingerprint density at radius 1 is 1.47 bits per heavy atom. The number of carboxylic acids is 1. The first-order chi connectivity index (χ1) is 9.08. The number of nitrogens with one attached hydrogen (secondary N) is 1. The zero-order chi connectivity index (χ0) is 13.6. The van der Waals surface area contributed by atoms with E-state index in [0.29, 0.717) is 11.0 Å². The fraction of sp³-hybridized carbons (Fsp3) is 0.308. The predicted octanol–water partition coefficient (Wildman–Crippen LogP) is 1.14. The van der Waals surface area contributed by atoms with Crippen molar-refractivity contribution in [3.05, 3.63) is 33.6 Å². The lowest BCUT2D eigenvalue weighted by Crippen LogP contribution is -2.37. The van der Waals surface area contributed by atoms with Gasteiger partial charge in [0.2, 0.25) is 5.43 Å². The Labute approximate surface area is 108 Å². The van der Waals surface area contributed by atoms with Gasteiger partial charge in [-0.1, -0.05) is 0 Å². The van der Waals surface area contributed by atoms with Crippen molar-refractivity contribution in [2.24, 2.45) is 0 Å². The minimum Gasteiger partial charge on any atom is -0.477 e. The SMILES string of the molecule is Cc1cc(N2CCC2)nc2[nH]cc(C(=O)O)c(=O)c12. The first-order valence-corrected chi connectivity index (χ1v) is 6.09. The Morgan fingerprint density at radius 3 is 2.79 bits per heavy atom. The number of pyridine rings is 2. The molecular weight excluding hydrogens is 246 g/mol. The van der Waals surface area contributed by atoms with Crippen molar-refractivity contribution in [3.63, 3.8) is 0 Å². The fourth-order valence-corrected chi connectivity index (χ4v) is 2.25. The number of nitrogens with zero attached hydrogens (tertiary/aromatic N) is 2. The normalized spacial score (nSPS) is 14.5. The van der Waals surface area contributed by atoms with Crippen molar-refractivity contribution in [2.75, 3.05) is 18.0 Å². The maximum atomic E-state index is 12.1. The zero-order valence-corrected chi connectivity index (χ0v) is 10.4. The van der Waals surface area contributed by atoms with Crippen LogP contribution in [-0.2, 0) is 0 Å². The van der Waals surface area contributed by atoms with Crippen LogP contribution in [0.25, 0.3) is 11.0 Å². The molecule has 0 aromatic carbocycles. The van der Waals surface area contributed by atoms with Crippen LogP contribution in [0.2, 0.25) is 0 Å². The molecule has 6 nitrogen and oxygen atoms in total. The number of carbonyl (C=O) groups is 1. The molecule has 2 N–H and O–H groups in total. The van der Waals surface area contributed by atoms with Gasteiger partial charge in [0.1, 0.15) is 17.0 Å². The first kappa shape index (κ1) is 11.7. The summed E-state index contributed by atoms with van der Waals surface area (Å²) in [5.41, 5.74) is 0.448. The summed E-state index contributed by atoms with van der Waals surface area (Å²) in [6.45, 7) is 3.74. The predicted molar refractivity (Wildman–Crippen MR) is 70.9 cm³/mol. The van der Waals surface area contributed by atoms with Crippen LogP contribution in [-0.4, -0.2) is 34.1 Å². The number of H-pyrrole nitrogens is 1. The van der Waals surface area contributed by atoms with E-state index >= 15 is 0 Å². The summed E-state index contributed by atoms with van der Waals surface area (Å²) < 4.78 is 0. The monoisotopic (exact) mass is 259 g/mol. The Morgan fingerprint density at radius 2 is 2.21 bits per heavy atom. The minimum absolute atomic E-state index is 0.255. The highest BCUT2D eigenvalue weighted by atomic mass is 16.4. The van der Waals surface area contributed by atoms with E-state index in [4.69, 9.17) is 5.11 Å². The maximum Gasteiger partial charge on any atom is 0.341 e. The van der Waals surface area contributed by atoms with Crippen LogP contribution in [0.3, 0.4) is 0 Å². The van der Waals surface area contributed by atoms with Gasteiger partial charge in [-0.25, -0.2) is 9.78 Å². The van der Waals surface area contributed by atoms with Gasteiger partial charge in [-0.05, 0) is 25.0 Å². The number of aromatic nitrogens is 2.